The lowest BCUT2D eigenvalue weighted by atomic mass is 10.0. The summed E-state index contributed by atoms with van der Waals surface area (Å²) in [5.41, 5.74) is -1.38. The highest BCUT2D eigenvalue weighted by atomic mass is 32.2. The molecular weight excluding hydrogens is 286 g/mol. The third kappa shape index (κ3) is 3.54. The van der Waals surface area contributed by atoms with E-state index in [0.29, 0.717) is 0 Å². The zero-order chi connectivity index (χ0) is 15.4. The van der Waals surface area contributed by atoms with E-state index in [-0.39, 0.29) is 16.9 Å². The summed E-state index contributed by atoms with van der Waals surface area (Å²) in [5.74, 6) is -1.16. The van der Waals surface area contributed by atoms with Gasteiger partial charge in [0.05, 0.1) is 29.2 Å². The summed E-state index contributed by atoms with van der Waals surface area (Å²) < 4.78 is 26.5. The Kier molecular flexibility index (Phi) is 5.23. The molecule has 20 heavy (non-hydrogen) atoms. The molecule has 1 rings (SSSR count). The van der Waals surface area contributed by atoms with Crippen molar-refractivity contribution in [1.29, 1.82) is 0 Å². The Labute approximate surface area is 116 Å². The van der Waals surface area contributed by atoms with Gasteiger partial charge in [-0.15, -0.1) is 0 Å². The van der Waals surface area contributed by atoms with Crippen LogP contribution in [0.15, 0.2) is 29.2 Å². The van der Waals surface area contributed by atoms with Gasteiger partial charge in [-0.2, -0.15) is 0 Å². The van der Waals surface area contributed by atoms with Gasteiger partial charge in [0.25, 0.3) is 0 Å². The molecule has 0 heterocycles. The number of rotatable bonds is 7. The fourth-order valence-electron chi connectivity index (χ4n) is 1.53. The van der Waals surface area contributed by atoms with Gasteiger partial charge >= 0.3 is 5.97 Å². The highest BCUT2D eigenvalue weighted by Crippen LogP contribution is 2.16. The molecule has 0 aliphatic carbocycles. The maximum Gasteiger partial charge on any atom is 0.335 e. The molecule has 0 bridgehead atoms. The Morgan fingerprint density at radius 2 is 1.70 bits per heavy atom. The predicted octanol–water partition coefficient (Wildman–Crippen LogP) is -0.204. The second-order valence-corrected chi connectivity index (χ2v) is 6.07. The average molecular weight is 303 g/mol. The third-order valence-corrected chi connectivity index (χ3v) is 4.64. The second kappa shape index (κ2) is 6.31. The van der Waals surface area contributed by atoms with E-state index < -0.39 is 34.7 Å². The van der Waals surface area contributed by atoms with Crippen molar-refractivity contribution in [3.63, 3.8) is 0 Å². The van der Waals surface area contributed by atoms with Gasteiger partial charge in [-0.25, -0.2) is 17.9 Å². The first-order valence-electron chi connectivity index (χ1n) is 5.89. The predicted molar refractivity (Wildman–Crippen MR) is 70.9 cm³/mol. The lowest BCUT2D eigenvalue weighted by molar-refractivity contribution is 0.0696. The number of hydrogen-bond acceptors (Lipinski definition) is 5. The van der Waals surface area contributed by atoms with Crippen LogP contribution in [0.5, 0.6) is 0 Å². The molecule has 1 aromatic carbocycles. The van der Waals surface area contributed by atoms with Crippen LogP contribution >= 0.6 is 0 Å². The molecule has 0 fully saturated rings. The molecule has 4 N–H and O–H groups in total. The summed E-state index contributed by atoms with van der Waals surface area (Å²) in [5, 5.41) is 27.2. The summed E-state index contributed by atoms with van der Waals surface area (Å²) in [4.78, 5) is 10.6. The summed E-state index contributed by atoms with van der Waals surface area (Å²) in [6.07, 6.45) is 0.201. The fourth-order valence-corrected chi connectivity index (χ4v) is 2.99. The van der Waals surface area contributed by atoms with Crippen LogP contribution in [0.2, 0.25) is 0 Å². The fraction of sp³-hybridized carbons (Fsp3) is 0.417. The van der Waals surface area contributed by atoms with Crippen LogP contribution in [0, 0.1) is 0 Å². The smallest absolute Gasteiger partial charge is 0.335 e. The van der Waals surface area contributed by atoms with E-state index in [1.54, 1.807) is 6.92 Å². The molecule has 112 valence electrons. The highest BCUT2D eigenvalue weighted by Gasteiger charge is 2.32. The number of sulfonamides is 1. The maximum absolute atomic E-state index is 12.1. The van der Waals surface area contributed by atoms with Crippen molar-refractivity contribution in [1.82, 2.24) is 4.72 Å². The summed E-state index contributed by atoms with van der Waals surface area (Å²) in [6.45, 7) is 0.529. The zero-order valence-electron chi connectivity index (χ0n) is 10.9. The van der Waals surface area contributed by atoms with Gasteiger partial charge in [0, 0.05) is 0 Å². The number of aliphatic hydroxyl groups is 2. The standard InChI is InChI=1S/C12H17NO6S/c1-2-12(7-14,8-15)13-20(18,19)10-5-3-9(4-6-10)11(16)17/h3-6,13-15H,2,7-8H2,1H3,(H,16,17). The van der Waals surface area contributed by atoms with Crippen LogP contribution in [-0.4, -0.2) is 48.5 Å². The number of carboxylic acid groups (broad SMARTS) is 1. The molecule has 0 radical (unpaired) electrons. The van der Waals surface area contributed by atoms with Crippen LogP contribution in [0.3, 0.4) is 0 Å². The van der Waals surface area contributed by atoms with E-state index in [2.05, 4.69) is 4.72 Å². The monoisotopic (exact) mass is 303 g/mol. The number of nitrogens with one attached hydrogen (secondary N) is 1. The van der Waals surface area contributed by atoms with Gasteiger partial charge in [0.15, 0.2) is 0 Å². The molecule has 8 heteroatoms. The number of hydrogen-bond donors (Lipinski definition) is 4. The minimum atomic E-state index is -3.96. The molecule has 0 aromatic heterocycles. The molecule has 1 aromatic rings. The molecular formula is C12H17NO6S. The number of carboxylic acids is 1. The summed E-state index contributed by atoms with van der Waals surface area (Å²) in [7, 11) is -3.96. The highest BCUT2D eigenvalue weighted by molar-refractivity contribution is 7.89. The Morgan fingerprint density at radius 1 is 1.20 bits per heavy atom. The van der Waals surface area contributed by atoms with Gasteiger partial charge in [0.2, 0.25) is 10.0 Å². The average Bonchev–Trinajstić information content (AvgIpc) is 2.45. The van der Waals surface area contributed by atoms with E-state index >= 15 is 0 Å². The largest absolute Gasteiger partial charge is 0.478 e. The first kappa shape index (κ1) is 16.6. The molecule has 0 aliphatic rings. The number of aromatic carboxylic acids is 1. The SMILES string of the molecule is CCC(CO)(CO)NS(=O)(=O)c1ccc(C(=O)O)cc1. The third-order valence-electron chi connectivity index (χ3n) is 3.04. The van der Waals surface area contributed by atoms with Crippen LogP contribution in [0.4, 0.5) is 0 Å². The molecule has 0 saturated carbocycles. The van der Waals surface area contributed by atoms with Gasteiger partial charge in [-0.1, -0.05) is 6.92 Å². The van der Waals surface area contributed by atoms with Crippen LogP contribution < -0.4 is 4.72 Å². The molecule has 7 nitrogen and oxygen atoms in total. The lowest BCUT2D eigenvalue weighted by Crippen LogP contribution is -2.53. The second-order valence-electron chi connectivity index (χ2n) is 4.39. The van der Waals surface area contributed by atoms with Crippen LogP contribution in [0.1, 0.15) is 23.7 Å². The van der Waals surface area contributed by atoms with E-state index in [1.165, 1.54) is 12.1 Å². The minimum absolute atomic E-state index is 0.0324. The molecule has 0 aliphatic heterocycles. The van der Waals surface area contributed by atoms with E-state index in [0.717, 1.165) is 12.1 Å². The lowest BCUT2D eigenvalue weighted by Gasteiger charge is -2.29. The zero-order valence-corrected chi connectivity index (χ0v) is 11.7. The van der Waals surface area contributed by atoms with Crippen molar-refractivity contribution in [2.24, 2.45) is 0 Å². The maximum atomic E-state index is 12.1. The van der Waals surface area contributed by atoms with Gasteiger partial charge < -0.3 is 15.3 Å². The van der Waals surface area contributed by atoms with Crippen LogP contribution in [-0.2, 0) is 10.0 Å². The van der Waals surface area contributed by atoms with Gasteiger partial charge in [-0.05, 0) is 30.7 Å². The molecule has 0 spiro atoms. The van der Waals surface area contributed by atoms with Crippen molar-refractivity contribution >= 4 is 16.0 Å². The van der Waals surface area contributed by atoms with Gasteiger partial charge in [-0.3, -0.25) is 0 Å². The topological polar surface area (TPSA) is 124 Å². The van der Waals surface area contributed by atoms with E-state index in [4.69, 9.17) is 5.11 Å². The number of benzene rings is 1. The first-order valence-corrected chi connectivity index (χ1v) is 7.37. The normalized spacial score (nSPS) is 12.3. The van der Waals surface area contributed by atoms with Crippen molar-refractivity contribution in [2.45, 2.75) is 23.8 Å². The molecule has 0 atom stereocenters. The van der Waals surface area contributed by atoms with Crippen molar-refractivity contribution in [3.8, 4) is 0 Å². The van der Waals surface area contributed by atoms with E-state index in [1.807, 2.05) is 0 Å². The van der Waals surface area contributed by atoms with Gasteiger partial charge in [0.1, 0.15) is 0 Å². The molecule has 0 saturated heterocycles. The summed E-state index contributed by atoms with van der Waals surface area (Å²) >= 11 is 0. The van der Waals surface area contributed by atoms with Crippen LogP contribution in [0.25, 0.3) is 0 Å². The van der Waals surface area contributed by atoms with Crippen molar-refractivity contribution in [3.05, 3.63) is 29.8 Å². The minimum Gasteiger partial charge on any atom is -0.478 e. The first-order chi connectivity index (χ1) is 9.30. The molecule has 0 unspecified atom stereocenters. The number of aliphatic hydroxyl groups excluding tert-OH is 2. The summed E-state index contributed by atoms with van der Waals surface area (Å²) in [6, 6.07) is 4.65. The molecule has 0 amide bonds. The Balaban J connectivity index is 3.07. The van der Waals surface area contributed by atoms with Crippen molar-refractivity contribution < 1.29 is 28.5 Å². The quantitative estimate of drug-likeness (QED) is 0.553. The Hall–Kier alpha value is -1.48. The Bertz CT molecular complexity index is 554. The van der Waals surface area contributed by atoms with E-state index in [9.17, 15) is 23.4 Å². The Morgan fingerprint density at radius 3 is 2.05 bits per heavy atom. The van der Waals surface area contributed by atoms with Crippen molar-refractivity contribution in [2.75, 3.05) is 13.2 Å². The number of carbonyl (C=O) groups is 1.